The Kier molecular flexibility index (Phi) is 4.80. The largest absolute Gasteiger partial charge is 0.340 e. The first-order valence-electron chi connectivity index (χ1n) is 9.02. The zero-order valence-corrected chi connectivity index (χ0v) is 14.8. The molecule has 3 rings (SSSR count). The fourth-order valence-corrected chi connectivity index (χ4v) is 4.20. The van der Waals surface area contributed by atoms with Crippen LogP contribution in [0.2, 0.25) is 0 Å². The molecule has 3 fully saturated rings. The van der Waals surface area contributed by atoms with E-state index in [0.29, 0.717) is 25.9 Å². The number of urea groups is 1. The number of imide groups is 1. The van der Waals surface area contributed by atoms with Crippen molar-refractivity contribution in [3.63, 3.8) is 0 Å². The summed E-state index contributed by atoms with van der Waals surface area (Å²) in [7, 11) is 3.75. The lowest BCUT2D eigenvalue weighted by molar-refractivity contribution is -0.140. The summed E-state index contributed by atoms with van der Waals surface area (Å²) in [6, 6.07) is -0.317. The van der Waals surface area contributed by atoms with Gasteiger partial charge < -0.3 is 14.7 Å². The van der Waals surface area contributed by atoms with Crippen molar-refractivity contribution in [3.05, 3.63) is 0 Å². The van der Waals surface area contributed by atoms with Gasteiger partial charge in [0.15, 0.2) is 0 Å². The van der Waals surface area contributed by atoms with Gasteiger partial charge in [0.2, 0.25) is 5.91 Å². The lowest BCUT2D eigenvalue weighted by atomic mass is 9.81. The number of hydrogen-bond acceptors (Lipinski definition) is 4. The molecule has 1 saturated carbocycles. The summed E-state index contributed by atoms with van der Waals surface area (Å²) in [5, 5.41) is 0. The van der Waals surface area contributed by atoms with Crippen LogP contribution in [-0.2, 0) is 9.59 Å². The SMILES string of the molecule is CN1CCCN(C(=O)CN2C(=O)N(C)C3(CCCCC3)C2=O)CC1. The number of amides is 4. The number of likely N-dealkylation sites (N-methyl/N-ethyl adjacent to an activating group) is 2. The number of hydrogen-bond donors (Lipinski definition) is 0. The first-order valence-corrected chi connectivity index (χ1v) is 9.02. The lowest BCUT2D eigenvalue weighted by Gasteiger charge is -2.35. The molecule has 1 spiro atoms. The molecule has 0 aromatic rings. The van der Waals surface area contributed by atoms with Crippen LogP contribution in [0.5, 0.6) is 0 Å². The summed E-state index contributed by atoms with van der Waals surface area (Å²) >= 11 is 0. The van der Waals surface area contributed by atoms with Gasteiger partial charge in [0, 0.05) is 26.7 Å². The van der Waals surface area contributed by atoms with Crippen LogP contribution in [0.25, 0.3) is 0 Å². The Morgan fingerprint density at radius 1 is 0.958 bits per heavy atom. The third kappa shape index (κ3) is 2.90. The molecule has 2 saturated heterocycles. The number of nitrogens with zero attached hydrogens (tertiary/aromatic N) is 4. The van der Waals surface area contributed by atoms with Crippen LogP contribution in [0.15, 0.2) is 0 Å². The van der Waals surface area contributed by atoms with Gasteiger partial charge in [0.05, 0.1) is 0 Å². The van der Waals surface area contributed by atoms with Crippen LogP contribution in [-0.4, -0.2) is 89.8 Å². The van der Waals surface area contributed by atoms with Gasteiger partial charge in [-0.1, -0.05) is 19.3 Å². The van der Waals surface area contributed by atoms with Crippen LogP contribution in [0, 0.1) is 0 Å². The molecule has 0 aromatic carbocycles. The smallest absolute Gasteiger partial charge is 0.327 e. The molecular formula is C17H28N4O3. The van der Waals surface area contributed by atoms with E-state index < -0.39 is 5.54 Å². The highest BCUT2D eigenvalue weighted by atomic mass is 16.2. The molecule has 0 N–H and O–H groups in total. The zero-order valence-electron chi connectivity index (χ0n) is 14.8. The normalized spacial score (nSPS) is 25.5. The molecule has 2 heterocycles. The summed E-state index contributed by atoms with van der Waals surface area (Å²) in [4.78, 5) is 44.9. The molecule has 0 atom stereocenters. The highest BCUT2D eigenvalue weighted by Crippen LogP contribution is 2.39. The molecule has 134 valence electrons. The standard InChI is InChI=1S/C17H28N4O3/c1-18-9-6-10-20(12-11-18)14(22)13-21-15(23)17(19(2)16(21)24)7-4-3-5-8-17/h3-13H2,1-2H3. The van der Waals surface area contributed by atoms with E-state index in [4.69, 9.17) is 0 Å². The Bertz CT molecular complexity index is 530. The molecule has 0 bridgehead atoms. The average molecular weight is 336 g/mol. The molecule has 24 heavy (non-hydrogen) atoms. The Hall–Kier alpha value is -1.63. The fraction of sp³-hybridized carbons (Fsp3) is 0.824. The predicted molar refractivity (Wildman–Crippen MR) is 89.4 cm³/mol. The topological polar surface area (TPSA) is 64.2 Å². The van der Waals surface area contributed by atoms with Crippen LogP contribution in [0.3, 0.4) is 0 Å². The van der Waals surface area contributed by atoms with E-state index in [2.05, 4.69) is 4.90 Å². The molecule has 1 aliphatic carbocycles. The number of rotatable bonds is 2. The van der Waals surface area contributed by atoms with Crippen LogP contribution in [0.4, 0.5) is 4.79 Å². The quantitative estimate of drug-likeness (QED) is 0.698. The van der Waals surface area contributed by atoms with Crippen molar-refractivity contribution >= 4 is 17.8 Å². The highest BCUT2D eigenvalue weighted by Gasteiger charge is 2.55. The lowest BCUT2D eigenvalue weighted by Crippen LogP contribution is -2.49. The Morgan fingerprint density at radius 3 is 2.38 bits per heavy atom. The minimum absolute atomic E-state index is 0.117. The van der Waals surface area contributed by atoms with Crippen molar-refractivity contribution in [2.75, 3.05) is 46.8 Å². The van der Waals surface area contributed by atoms with E-state index >= 15 is 0 Å². The Balaban J connectivity index is 1.69. The van der Waals surface area contributed by atoms with Crippen LogP contribution >= 0.6 is 0 Å². The maximum Gasteiger partial charge on any atom is 0.327 e. The molecule has 0 radical (unpaired) electrons. The second-order valence-corrected chi connectivity index (χ2v) is 7.36. The third-order valence-corrected chi connectivity index (χ3v) is 5.85. The summed E-state index contributed by atoms with van der Waals surface area (Å²) in [5.74, 6) is -0.289. The zero-order chi connectivity index (χ0) is 17.3. The van der Waals surface area contributed by atoms with Gasteiger partial charge in [-0.05, 0) is 32.9 Å². The van der Waals surface area contributed by atoms with Gasteiger partial charge in [0.1, 0.15) is 12.1 Å². The molecule has 7 nitrogen and oxygen atoms in total. The third-order valence-electron chi connectivity index (χ3n) is 5.85. The first-order chi connectivity index (χ1) is 11.5. The Morgan fingerprint density at radius 2 is 1.67 bits per heavy atom. The van der Waals surface area contributed by atoms with Gasteiger partial charge in [-0.25, -0.2) is 4.79 Å². The van der Waals surface area contributed by atoms with E-state index in [0.717, 1.165) is 38.8 Å². The second kappa shape index (κ2) is 6.70. The van der Waals surface area contributed by atoms with Crippen molar-refractivity contribution in [1.82, 2.24) is 19.6 Å². The van der Waals surface area contributed by atoms with Gasteiger partial charge in [0.25, 0.3) is 5.91 Å². The van der Waals surface area contributed by atoms with Crippen molar-refractivity contribution in [2.24, 2.45) is 0 Å². The number of carbonyl (C=O) groups excluding carboxylic acids is 3. The van der Waals surface area contributed by atoms with E-state index in [9.17, 15) is 14.4 Å². The summed E-state index contributed by atoms with van der Waals surface area (Å²) < 4.78 is 0. The molecule has 0 unspecified atom stereocenters. The molecular weight excluding hydrogens is 308 g/mol. The molecule has 7 heteroatoms. The molecule has 0 aromatic heterocycles. The molecule has 3 aliphatic rings. The predicted octanol–water partition coefficient (Wildman–Crippen LogP) is 0.747. The van der Waals surface area contributed by atoms with E-state index in [1.54, 1.807) is 16.8 Å². The fourth-order valence-electron chi connectivity index (χ4n) is 4.20. The minimum atomic E-state index is -0.700. The van der Waals surface area contributed by atoms with Crippen LogP contribution in [0.1, 0.15) is 38.5 Å². The monoisotopic (exact) mass is 336 g/mol. The van der Waals surface area contributed by atoms with Crippen molar-refractivity contribution in [2.45, 2.75) is 44.1 Å². The maximum absolute atomic E-state index is 12.9. The second-order valence-electron chi connectivity index (χ2n) is 7.36. The minimum Gasteiger partial charge on any atom is -0.340 e. The summed E-state index contributed by atoms with van der Waals surface area (Å²) in [5.41, 5.74) is -0.700. The molecule has 2 aliphatic heterocycles. The van der Waals surface area contributed by atoms with Crippen molar-refractivity contribution in [3.8, 4) is 0 Å². The van der Waals surface area contributed by atoms with Gasteiger partial charge in [-0.3, -0.25) is 14.5 Å². The van der Waals surface area contributed by atoms with Crippen LogP contribution < -0.4 is 0 Å². The maximum atomic E-state index is 12.9. The average Bonchev–Trinajstić information content (AvgIpc) is 2.77. The van der Waals surface area contributed by atoms with Crippen molar-refractivity contribution in [1.29, 1.82) is 0 Å². The van der Waals surface area contributed by atoms with Gasteiger partial charge >= 0.3 is 6.03 Å². The molecule has 4 amide bonds. The number of carbonyl (C=O) groups is 3. The van der Waals surface area contributed by atoms with E-state index in [-0.39, 0.29) is 24.4 Å². The van der Waals surface area contributed by atoms with E-state index in [1.165, 1.54) is 4.90 Å². The summed E-state index contributed by atoms with van der Waals surface area (Å²) in [6.07, 6.45) is 5.39. The van der Waals surface area contributed by atoms with Gasteiger partial charge in [-0.2, -0.15) is 0 Å². The van der Waals surface area contributed by atoms with Gasteiger partial charge in [-0.15, -0.1) is 0 Å². The van der Waals surface area contributed by atoms with E-state index in [1.807, 2.05) is 7.05 Å². The highest BCUT2D eigenvalue weighted by molar-refractivity contribution is 6.08. The first kappa shape index (κ1) is 17.2. The Labute approximate surface area is 143 Å². The van der Waals surface area contributed by atoms with Crippen molar-refractivity contribution < 1.29 is 14.4 Å². The summed E-state index contributed by atoms with van der Waals surface area (Å²) in [6.45, 7) is 3.04.